The number of halogens is 1. The van der Waals surface area contributed by atoms with Gasteiger partial charge in [-0.1, -0.05) is 41.7 Å². The third-order valence-electron chi connectivity index (χ3n) is 4.93. The molecule has 4 rings (SSSR count). The van der Waals surface area contributed by atoms with E-state index in [1.54, 1.807) is 56.4 Å². The molecule has 0 fully saturated rings. The fourth-order valence-corrected chi connectivity index (χ4v) is 4.13. The highest BCUT2D eigenvalue weighted by Gasteiger charge is 2.21. The minimum Gasteiger partial charge on any atom is -0.355 e. The molecule has 1 N–H and O–H groups in total. The Labute approximate surface area is 188 Å². The number of amides is 2. The van der Waals surface area contributed by atoms with E-state index in [9.17, 15) is 14.0 Å². The average molecular weight is 446 g/mol. The lowest BCUT2D eigenvalue weighted by molar-refractivity contribution is -0.113. The summed E-state index contributed by atoms with van der Waals surface area (Å²) in [5.74, 6) is -0.933. The molecular formula is C25H20FN3O2S. The quantitative estimate of drug-likeness (QED) is 0.414. The molecule has 5 nitrogen and oxygen atoms in total. The van der Waals surface area contributed by atoms with Crippen LogP contribution in [0.2, 0.25) is 0 Å². The van der Waals surface area contributed by atoms with Gasteiger partial charge in [0.25, 0.3) is 11.8 Å². The van der Waals surface area contributed by atoms with E-state index in [-0.39, 0.29) is 11.8 Å². The summed E-state index contributed by atoms with van der Waals surface area (Å²) in [6.07, 6.45) is 3.07. The van der Waals surface area contributed by atoms with Crippen LogP contribution in [0.25, 0.3) is 16.3 Å². The molecule has 0 saturated carbocycles. The van der Waals surface area contributed by atoms with Crippen molar-refractivity contribution in [3.05, 3.63) is 95.3 Å². The van der Waals surface area contributed by atoms with Gasteiger partial charge in [-0.3, -0.25) is 14.5 Å². The number of thiazole rings is 1. The Morgan fingerprint density at radius 1 is 1.06 bits per heavy atom. The molecular weight excluding hydrogens is 425 g/mol. The van der Waals surface area contributed by atoms with Crippen molar-refractivity contribution in [3.63, 3.8) is 0 Å². The minimum atomic E-state index is -0.393. The van der Waals surface area contributed by atoms with Gasteiger partial charge in [0, 0.05) is 18.7 Å². The first kappa shape index (κ1) is 21.4. The Morgan fingerprint density at radius 2 is 1.81 bits per heavy atom. The van der Waals surface area contributed by atoms with E-state index in [0.29, 0.717) is 21.9 Å². The SMILES string of the molecule is CNC(=O)c1ccc(C=CC(=O)N(c2ccc(C)c(F)c2)c2nc3ccccc3s2)cc1. The van der Waals surface area contributed by atoms with E-state index in [1.807, 2.05) is 24.3 Å². The number of nitrogens with zero attached hydrogens (tertiary/aromatic N) is 2. The Morgan fingerprint density at radius 3 is 2.50 bits per heavy atom. The van der Waals surface area contributed by atoms with Crippen LogP contribution in [0.4, 0.5) is 15.2 Å². The molecule has 7 heteroatoms. The lowest BCUT2D eigenvalue weighted by Gasteiger charge is -2.18. The van der Waals surface area contributed by atoms with Gasteiger partial charge in [0.1, 0.15) is 5.82 Å². The van der Waals surface area contributed by atoms with Crippen molar-refractivity contribution < 1.29 is 14.0 Å². The zero-order valence-electron chi connectivity index (χ0n) is 17.5. The van der Waals surface area contributed by atoms with E-state index in [2.05, 4.69) is 10.3 Å². The summed E-state index contributed by atoms with van der Waals surface area (Å²) < 4.78 is 15.2. The Bertz CT molecular complexity index is 1300. The van der Waals surface area contributed by atoms with Crippen LogP contribution in [0.3, 0.4) is 0 Å². The van der Waals surface area contributed by atoms with Gasteiger partial charge >= 0.3 is 0 Å². The fourth-order valence-electron chi connectivity index (χ4n) is 3.14. The summed E-state index contributed by atoms with van der Waals surface area (Å²) in [6, 6.07) is 19.1. The van der Waals surface area contributed by atoms with Crippen molar-refractivity contribution in [1.82, 2.24) is 10.3 Å². The molecule has 0 radical (unpaired) electrons. The second-order valence-corrected chi connectivity index (χ2v) is 8.11. The summed E-state index contributed by atoms with van der Waals surface area (Å²) in [7, 11) is 1.57. The van der Waals surface area contributed by atoms with Gasteiger partial charge in [0.15, 0.2) is 5.13 Å². The molecule has 1 heterocycles. The average Bonchev–Trinajstić information content (AvgIpc) is 3.23. The van der Waals surface area contributed by atoms with Crippen LogP contribution in [-0.4, -0.2) is 23.8 Å². The molecule has 1 aromatic heterocycles. The third kappa shape index (κ3) is 4.43. The second-order valence-electron chi connectivity index (χ2n) is 7.11. The maximum atomic E-state index is 14.3. The molecule has 3 aromatic carbocycles. The maximum Gasteiger partial charge on any atom is 0.257 e. The van der Waals surface area contributed by atoms with Crippen LogP contribution in [-0.2, 0) is 4.79 Å². The van der Waals surface area contributed by atoms with Crippen molar-refractivity contribution >= 4 is 50.3 Å². The highest BCUT2D eigenvalue weighted by Crippen LogP contribution is 2.34. The minimum absolute atomic E-state index is 0.181. The predicted molar refractivity (Wildman–Crippen MR) is 127 cm³/mol. The van der Waals surface area contributed by atoms with E-state index in [1.165, 1.54) is 28.4 Å². The van der Waals surface area contributed by atoms with E-state index < -0.39 is 5.82 Å². The maximum absolute atomic E-state index is 14.3. The first-order valence-electron chi connectivity index (χ1n) is 9.92. The van der Waals surface area contributed by atoms with Crippen LogP contribution in [0.1, 0.15) is 21.5 Å². The highest BCUT2D eigenvalue weighted by atomic mass is 32.1. The first-order chi connectivity index (χ1) is 15.5. The number of fused-ring (bicyclic) bond motifs is 1. The number of rotatable bonds is 5. The molecule has 160 valence electrons. The molecule has 2 amide bonds. The van der Waals surface area contributed by atoms with Crippen LogP contribution in [0, 0.1) is 12.7 Å². The Balaban J connectivity index is 1.69. The van der Waals surface area contributed by atoms with Gasteiger partial charge in [-0.25, -0.2) is 9.37 Å². The number of aromatic nitrogens is 1. The standard InChI is InChI=1S/C25H20FN3O2S/c1-16-7-13-19(15-20(16)26)29(25-28-21-5-3-4-6-22(21)32-25)23(30)14-10-17-8-11-18(12-9-17)24(31)27-2/h3-15H,1-2H3,(H,27,31). The topological polar surface area (TPSA) is 62.3 Å². The zero-order chi connectivity index (χ0) is 22.7. The zero-order valence-corrected chi connectivity index (χ0v) is 18.3. The van der Waals surface area contributed by atoms with Crippen LogP contribution in [0.5, 0.6) is 0 Å². The number of benzene rings is 3. The molecule has 0 bridgehead atoms. The van der Waals surface area contributed by atoms with Crippen molar-refractivity contribution in [3.8, 4) is 0 Å². The van der Waals surface area contributed by atoms with E-state index >= 15 is 0 Å². The molecule has 0 aliphatic heterocycles. The van der Waals surface area contributed by atoms with Gasteiger partial charge in [0.2, 0.25) is 0 Å². The van der Waals surface area contributed by atoms with Gasteiger partial charge in [-0.15, -0.1) is 0 Å². The molecule has 0 saturated heterocycles. The molecule has 4 aromatic rings. The van der Waals surface area contributed by atoms with E-state index in [4.69, 9.17) is 0 Å². The van der Waals surface area contributed by atoms with Crippen LogP contribution in [0.15, 0.2) is 72.8 Å². The third-order valence-corrected chi connectivity index (χ3v) is 5.95. The Kier molecular flexibility index (Phi) is 6.09. The van der Waals surface area contributed by atoms with Gasteiger partial charge in [0.05, 0.1) is 15.9 Å². The molecule has 0 unspecified atom stereocenters. The Hall–Kier alpha value is -3.84. The molecule has 0 spiro atoms. The fraction of sp³-hybridized carbons (Fsp3) is 0.0800. The number of aryl methyl sites for hydroxylation is 1. The number of hydrogen-bond donors (Lipinski definition) is 1. The van der Waals surface area contributed by atoms with Crippen molar-refractivity contribution in [1.29, 1.82) is 0 Å². The van der Waals surface area contributed by atoms with Crippen molar-refractivity contribution in [2.75, 3.05) is 11.9 Å². The summed E-state index contributed by atoms with van der Waals surface area (Å²) in [5.41, 5.74) is 2.95. The monoisotopic (exact) mass is 445 g/mol. The van der Waals surface area contributed by atoms with Crippen LogP contribution >= 0.6 is 11.3 Å². The molecule has 0 aliphatic carbocycles. The number of nitrogens with one attached hydrogen (secondary N) is 1. The summed E-state index contributed by atoms with van der Waals surface area (Å²) >= 11 is 1.36. The lowest BCUT2D eigenvalue weighted by Crippen LogP contribution is -2.23. The van der Waals surface area contributed by atoms with Gasteiger partial charge in [-0.2, -0.15) is 0 Å². The first-order valence-corrected chi connectivity index (χ1v) is 10.7. The number of anilines is 2. The number of hydrogen-bond acceptors (Lipinski definition) is 4. The summed E-state index contributed by atoms with van der Waals surface area (Å²) in [5, 5.41) is 3.02. The summed E-state index contributed by atoms with van der Waals surface area (Å²) in [4.78, 5) is 30.9. The van der Waals surface area contributed by atoms with Crippen molar-refractivity contribution in [2.45, 2.75) is 6.92 Å². The van der Waals surface area contributed by atoms with Crippen molar-refractivity contribution in [2.24, 2.45) is 0 Å². The van der Waals surface area contributed by atoms with Crippen LogP contribution < -0.4 is 10.2 Å². The van der Waals surface area contributed by atoms with E-state index in [0.717, 1.165) is 15.8 Å². The van der Waals surface area contributed by atoms with Gasteiger partial charge in [-0.05, 0) is 60.5 Å². The smallest absolute Gasteiger partial charge is 0.257 e. The van der Waals surface area contributed by atoms with Gasteiger partial charge < -0.3 is 5.32 Å². The molecule has 32 heavy (non-hydrogen) atoms. The second kappa shape index (κ2) is 9.11. The number of carbonyl (C=O) groups is 2. The highest BCUT2D eigenvalue weighted by molar-refractivity contribution is 7.22. The lowest BCUT2D eigenvalue weighted by atomic mass is 10.1. The number of carbonyl (C=O) groups excluding carboxylic acids is 2. The summed E-state index contributed by atoms with van der Waals surface area (Å²) in [6.45, 7) is 1.67. The predicted octanol–water partition coefficient (Wildman–Crippen LogP) is 5.48. The molecule has 0 aliphatic rings. The molecule has 0 atom stereocenters. The largest absolute Gasteiger partial charge is 0.355 e. The normalized spacial score (nSPS) is 11.1. The number of para-hydroxylation sites is 1.